The average Bonchev–Trinajstić information content (AvgIpc) is 3.67. The van der Waals surface area contributed by atoms with Crippen LogP contribution < -0.4 is 4.90 Å². The Morgan fingerprint density at radius 1 is 1.00 bits per heavy atom. The van der Waals surface area contributed by atoms with Gasteiger partial charge in [-0.05, 0) is 58.6 Å². The van der Waals surface area contributed by atoms with Crippen molar-refractivity contribution in [2.45, 2.75) is 36.0 Å². The van der Waals surface area contributed by atoms with E-state index in [0.717, 1.165) is 53.4 Å². The second-order valence-electron chi connectivity index (χ2n) is 10.2. The van der Waals surface area contributed by atoms with Crippen LogP contribution in [0.2, 0.25) is 0 Å². The molecule has 1 spiro atoms. The Bertz CT molecular complexity index is 1900. The summed E-state index contributed by atoms with van der Waals surface area (Å²) in [4.78, 5) is 20.3. The van der Waals surface area contributed by atoms with Crippen molar-refractivity contribution in [1.82, 2.24) is 18.7 Å². The van der Waals surface area contributed by atoms with Crippen LogP contribution in [0.1, 0.15) is 31.2 Å². The van der Waals surface area contributed by atoms with Gasteiger partial charge in [0.25, 0.3) is 10.0 Å². The zero-order chi connectivity index (χ0) is 26.4. The molecule has 3 aromatic heterocycles. The van der Waals surface area contributed by atoms with Crippen LogP contribution in [0.3, 0.4) is 0 Å². The summed E-state index contributed by atoms with van der Waals surface area (Å²) in [5.41, 5.74) is 3.77. The van der Waals surface area contributed by atoms with Gasteiger partial charge in [-0.15, -0.1) is 0 Å². The fourth-order valence-corrected chi connectivity index (χ4v) is 8.95. The molecule has 1 saturated carbocycles. The van der Waals surface area contributed by atoms with Gasteiger partial charge < -0.3 is 4.90 Å². The Morgan fingerprint density at radius 2 is 1.74 bits per heavy atom. The maximum Gasteiger partial charge on any atom is 0.270 e. The Balaban J connectivity index is 1.64. The lowest BCUT2D eigenvalue weighted by atomic mass is 9.78. The molecule has 192 valence electrons. The third kappa shape index (κ3) is 2.95. The van der Waals surface area contributed by atoms with Crippen molar-refractivity contribution >= 4 is 59.5 Å². The molecule has 4 heterocycles. The SMILES string of the molecule is CN1C(=O)C2(CCCC2)c2c1cnc1c2c(-c2ccc3c(cnn3C)c2)c(Br)n1S(=O)(=O)c1ccccc1. The second-order valence-corrected chi connectivity index (χ2v) is 12.7. The monoisotopic (exact) mass is 589 g/mol. The molecule has 7 rings (SSSR count). The Kier molecular flexibility index (Phi) is 4.97. The number of nitrogens with zero attached hydrogens (tertiary/aromatic N) is 5. The van der Waals surface area contributed by atoms with E-state index < -0.39 is 15.4 Å². The summed E-state index contributed by atoms with van der Waals surface area (Å²) in [6, 6.07) is 14.3. The molecule has 1 aliphatic carbocycles. The van der Waals surface area contributed by atoms with E-state index in [9.17, 15) is 13.2 Å². The summed E-state index contributed by atoms with van der Waals surface area (Å²) >= 11 is 3.69. The minimum absolute atomic E-state index is 0.0581. The van der Waals surface area contributed by atoms with E-state index >= 15 is 0 Å². The molecular weight excluding hydrogens is 566 g/mol. The largest absolute Gasteiger partial charge is 0.313 e. The van der Waals surface area contributed by atoms with Crippen LogP contribution in [0, 0.1) is 0 Å². The number of aryl methyl sites for hydroxylation is 1. The third-order valence-electron chi connectivity index (χ3n) is 8.19. The van der Waals surface area contributed by atoms with E-state index in [1.54, 1.807) is 59.4 Å². The first kappa shape index (κ1) is 23.6. The number of benzene rings is 2. The second kappa shape index (κ2) is 8.00. The minimum atomic E-state index is -4.01. The van der Waals surface area contributed by atoms with E-state index in [2.05, 4.69) is 21.0 Å². The quantitative estimate of drug-likeness (QED) is 0.282. The zero-order valence-corrected chi connectivity index (χ0v) is 23.3. The molecule has 0 bridgehead atoms. The lowest BCUT2D eigenvalue weighted by Gasteiger charge is -2.22. The first-order valence-electron chi connectivity index (χ1n) is 12.5. The van der Waals surface area contributed by atoms with Crippen molar-refractivity contribution in [2.75, 3.05) is 11.9 Å². The molecule has 0 radical (unpaired) electrons. The molecule has 5 aromatic rings. The number of fused-ring (bicyclic) bond motifs is 5. The van der Waals surface area contributed by atoms with E-state index in [0.29, 0.717) is 21.2 Å². The van der Waals surface area contributed by atoms with Gasteiger partial charge in [-0.1, -0.05) is 37.1 Å². The zero-order valence-electron chi connectivity index (χ0n) is 20.8. The Hall–Kier alpha value is -3.50. The van der Waals surface area contributed by atoms with Crippen LogP contribution in [-0.2, 0) is 27.3 Å². The van der Waals surface area contributed by atoms with Crippen LogP contribution in [0.25, 0.3) is 33.1 Å². The molecule has 2 aliphatic rings. The van der Waals surface area contributed by atoms with Crippen molar-refractivity contribution in [1.29, 1.82) is 0 Å². The van der Waals surface area contributed by atoms with Gasteiger partial charge in [0, 0.05) is 36.0 Å². The molecule has 1 aliphatic heterocycles. The highest BCUT2D eigenvalue weighted by molar-refractivity contribution is 9.10. The van der Waals surface area contributed by atoms with Crippen LogP contribution in [0.15, 0.2) is 70.4 Å². The molecule has 2 aromatic carbocycles. The number of likely N-dealkylation sites (N-methyl/N-ethyl adjacent to an activating group) is 1. The summed E-state index contributed by atoms with van der Waals surface area (Å²) in [7, 11) is -0.334. The summed E-state index contributed by atoms with van der Waals surface area (Å²) in [6.45, 7) is 0. The van der Waals surface area contributed by atoms with E-state index in [1.807, 2.05) is 25.2 Å². The van der Waals surface area contributed by atoms with Crippen molar-refractivity contribution in [3.63, 3.8) is 0 Å². The van der Waals surface area contributed by atoms with Crippen LogP contribution >= 0.6 is 15.9 Å². The first-order chi connectivity index (χ1) is 18.3. The van der Waals surface area contributed by atoms with E-state index in [1.165, 1.54) is 3.97 Å². The number of hydrogen-bond acceptors (Lipinski definition) is 5. The van der Waals surface area contributed by atoms with Gasteiger partial charge in [0.15, 0.2) is 5.65 Å². The molecule has 38 heavy (non-hydrogen) atoms. The molecule has 1 fully saturated rings. The first-order valence-corrected chi connectivity index (χ1v) is 14.7. The van der Waals surface area contributed by atoms with Gasteiger partial charge in [0.2, 0.25) is 5.91 Å². The fraction of sp³-hybridized carbons (Fsp3) is 0.250. The lowest BCUT2D eigenvalue weighted by molar-refractivity contribution is -0.122. The standard InChI is InChI=1S/C28H24BrN5O3S/c1-32-21-16-30-26-23(24(21)28(27(32)35)12-6-7-13-28)22(17-10-11-20-18(14-17)15-31-33(20)2)25(29)34(26)38(36,37)19-8-4-3-5-9-19/h3-5,8-11,14-16H,6-7,12-13H2,1-2H3. The highest BCUT2D eigenvalue weighted by Crippen LogP contribution is 2.56. The molecule has 0 atom stereocenters. The fourth-order valence-electron chi connectivity index (χ4n) is 6.40. The minimum Gasteiger partial charge on any atom is -0.313 e. The normalized spacial score (nSPS) is 16.8. The number of aromatic nitrogens is 4. The number of pyridine rings is 1. The number of halogens is 1. The summed E-state index contributed by atoms with van der Waals surface area (Å²) in [6.07, 6.45) is 6.81. The summed E-state index contributed by atoms with van der Waals surface area (Å²) in [5.74, 6) is 0.0581. The summed E-state index contributed by atoms with van der Waals surface area (Å²) in [5, 5.41) is 6.02. The van der Waals surface area contributed by atoms with Gasteiger partial charge in [-0.2, -0.15) is 5.10 Å². The maximum absolute atomic E-state index is 14.1. The number of rotatable bonds is 3. The Morgan fingerprint density at radius 3 is 2.47 bits per heavy atom. The van der Waals surface area contributed by atoms with Crippen molar-refractivity contribution in [3.8, 4) is 11.1 Å². The number of carbonyl (C=O) groups is 1. The molecule has 10 heteroatoms. The van der Waals surface area contributed by atoms with Crippen LogP contribution in [0.5, 0.6) is 0 Å². The van der Waals surface area contributed by atoms with Crippen LogP contribution in [-0.4, -0.2) is 40.1 Å². The smallest absolute Gasteiger partial charge is 0.270 e. The highest BCUT2D eigenvalue weighted by atomic mass is 79.9. The predicted molar refractivity (Wildman–Crippen MR) is 150 cm³/mol. The van der Waals surface area contributed by atoms with E-state index in [-0.39, 0.29) is 10.8 Å². The number of hydrogen-bond donors (Lipinski definition) is 0. The molecule has 0 unspecified atom stereocenters. The number of amides is 1. The van der Waals surface area contributed by atoms with Crippen molar-refractivity contribution in [2.24, 2.45) is 7.05 Å². The van der Waals surface area contributed by atoms with Crippen molar-refractivity contribution in [3.05, 3.63) is 71.1 Å². The number of anilines is 1. The maximum atomic E-state index is 14.1. The molecule has 1 amide bonds. The van der Waals surface area contributed by atoms with Gasteiger partial charge in [0.05, 0.1) is 33.9 Å². The van der Waals surface area contributed by atoms with Gasteiger partial charge in [-0.25, -0.2) is 17.4 Å². The molecule has 0 N–H and O–H groups in total. The Labute approximate surface area is 228 Å². The van der Waals surface area contributed by atoms with Crippen LogP contribution in [0.4, 0.5) is 5.69 Å². The highest BCUT2D eigenvalue weighted by Gasteiger charge is 2.53. The molecule has 8 nitrogen and oxygen atoms in total. The van der Waals surface area contributed by atoms with Crippen molar-refractivity contribution < 1.29 is 13.2 Å². The van der Waals surface area contributed by atoms with Gasteiger partial charge in [0.1, 0.15) is 4.60 Å². The predicted octanol–water partition coefficient (Wildman–Crippen LogP) is 5.38. The lowest BCUT2D eigenvalue weighted by Crippen LogP contribution is -2.36. The third-order valence-corrected chi connectivity index (χ3v) is 10.9. The molecular formula is C28H24BrN5O3S. The molecule has 0 saturated heterocycles. The van der Waals surface area contributed by atoms with E-state index in [4.69, 9.17) is 4.98 Å². The van der Waals surface area contributed by atoms with Gasteiger partial charge >= 0.3 is 0 Å². The topological polar surface area (TPSA) is 90.1 Å². The van der Waals surface area contributed by atoms with Gasteiger partial charge in [-0.3, -0.25) is 9.48 Å². The summed E-state index contributed by atoms with van der Waals surface area (Å²) < 4.78 is 31.6. The average molecular weight is 591 g/mol. The number of carbonyl (C=O) groups excluding carboxylic acids is 1.